The molecule has 4 nitrogen and oxygen atoms in total. The highest BCUT2D eigenvalue weighted by Gasteiger charge is 2.15. The van der Waals surface area contributed by atoms with Crippen molar-refractivity contribution in [3.63, 3.8) is 0 Å². The number of benzene rings is 2. The zero-order valence-corrected chi connectivity index (χ0v) is 14.4. The van der Waals surface area contributed by atoms with Crippen LogP contribution in [0.25, 0.3) is 0 Å². The molecule has 2 N–H and O–H groups in total. The van der Waals surface area contributed by atoms with E-state index in [0.717, 1.165) is 5.56 Å². The van der Waals surface area contributed by atoms with E-state index >= 15 is 0 Å². The van der Waals surface area contributed by atoms with Crippen LogP contribution in [0.15, 0.2) is 53.7 Å². The third-order valence-corrected chi connectivity index (χ3v) is 4.59. The summed E-state index contributed by atoms with van der Waals surface area (Å²) in [6.07, 6.45) is 0.135. The molecule has 0 radical (unpaired) electrons. The summed E-state index contributed by atoms with van der Waals surface area (Å²) in [5.74, 6) is -0.191. The number of hydrogen-bond acceptors (Lipinski definition) is 5. The molecule has 130 valence electrons. The van der Waals surface area contributed by atoms with Crippen LogP contribution in [0.1, 0.15) is 22.4 Å². The van der Waals surface area contributed by atoms with Crippen molar-refractivity contribution in [1.82, 2.24) is 9.97 Å². The van der Waals surface area contributed by atoms with Crippen molar-refractivity contribution < 1.29 is 8.78 Å². The van der Waals surface area contributed by atoms with E-state index in [0.29, 0.717) is 22.2 Å². The van der Waals surface area contributed by atoms with Crippen LogP contribution in [-0.2, 0) is 12.2 Å². The molecule has 0 aliphatic heterocycles. The van der Waals surface area contributed by atoms with Crippen LogP contribution in [0, 0.1) is 23.0 Å². The Morgan fingerprint density at radius 3 is 2.62 bits per heavy atom. The maximum atomic E-state index is 13.9. The monoisotopic (exact) mass is 368 g/mol. The van der Waals surface area contributed by atoms with Crippen LogP contribution in [0.5, 0.6) is 0 Å². The molecule has 0 atom stereocenters. The fourth-order valence-electron chi connectivity index (χ4n) is 2.41. The minimum atomic E-state index is -0.373. The number of thioether (sulfide) groups is 1. The number of nitrogens with zero attached hydrogens (tertiary/aromatic N) is 3. The average Bonchev–Trinajstić information content (AvgIpc) is 2.62. The standard InChI is InChI=1S/C19H14F2N4S/c20-14-6-3-4-12(8-14)11-26-19-24-17(15(10-22)18(23)25-19)9-13-5-1-2-7-16(13)21/h1-8H,9,11H2,(H2,23,24,25). The zero-order valence-electron chi connectivity index (χ0n) is 13.6. The summed E-state index contributed by atoms with van der Waals surface area (Å²) >= 11 is 1.27. The van der Waals surface area contributed by atoms with Gasteiger partial charge in [-0.15, -0.1) is 0 Å². The number of hydrogen-bond donors (Lipinski definition) is 1. The van der Waals surface area contributed by atoms with E-state index in [1.54, 1.807) is 30.3 Å². The molecule has 0 amide bonds. The number of rotatable bonds is 5. The van der Waals surface area contributed by atoms with Crippen LogP contribution in [0.4, 0.5) is 14.6 Å². The molecular weight excluding hydrogens is 354 g/mol. The molecular formula is C19H14F2N4S. The van der Waals surface area contributed by atoms with Crippen molar-refractivity contribution in [2.75, 3.05) is 5.73 Å². The molecule has 0 aliphatic rings. The highest BCUT2D eigenvalue weighted by atomic mass is 32.2. The summed E-state index contributed by atoms with van der Waals surface area (Å²) in [6.45, 7) is 0. The van der Waals surface area contributed by atoms with Gasteiger partial charge >= 0.3 is 0 Å². The second-order valence-corrected chi connectivity index (χ2v) is 6.45. The molecule has 0 fully saturated rings. The maximum absolute atomic E-state index is 13.9. The summed E-state index contributed by atoms with van der Waals surface area (Å²) in [6, 6.07) is 14.5. The van der Waals surface area contributed by atoms with E-state index in [2.05, 4.69) is 9.97 Å². The lowest BCUT2D eigenvalue weighted by Crippen LogP contribution is -2.06. The van der Waals surface area contributed by atoms with Gasteiger partial charge < -0.3 is 5.73 Å². The summed E-state index contributed by atoms with van der Waals surface area (Å²) in [4.78, 5) is 8.49. The molecule has 3 aromatic rings. The van der Waals surface area contributed by atoms with Gasteiger partial charge in [0.2, 0.25) is 0 Å². The summed E-state index contributed by atoms with van der Waals surface area (Å²) in [7, 11) is 0. The van der Waals surface area contributed by atoms with Crippen LogP contribution in [0.3, 0.4) is 0 Å². The maximum Gasteiger partial charge on any atom is 0.190 e. The third-order valence-electron chi connectivity index (χ3n) is 3.68. The van der Waals surface area contributed by atoms with E-state index < -0.39 is 0 Å². The first kappa shape index (κ1) is 17.8. The van der Waals surface area contributed by atoms with Gasteiger partial charge in [0.15, 0.2) is 5.16 Å². The van der Waals surface area contributed by atoms with Crippen molar-refractivity contribution in [3.05, 3.63) is 82.5 Å². The lowest BCUT2D eigenvalue weighted by molar-refractivity contribution is 0.612. The van der Waals surface area contributed by atoms with Gasteiger partial charge in [0, 0.05) is 12.2 Å². The van der Waals surface area contributed by atoms with Gasteiger partial charge in [0.1, 0.15) is 29.1 Å². The molecule has 26 heavy (non-hydrogen) atoms. The molecule has 7 heteroatoms. The molecule has 0 spiro atoms. The number of anilines is 1. The van der Waals surface area contributed by atoms with Crippen molar-refractivity contribution in [2.24, 2.45) is 0 Å². The smallest absolute Gasteiger partial charge is 0.190 e. The Hall–Kier alpha value is -2.98. The fraction of sp³-hybridized carbons (Fsp3) is 0.105. The van der Waals surface area contributed by atoms with Crippen LogP contribution in [0.2, 0.25) is 0 Å². The highest BCUT2D eigenvalue weighted by molar-refractivity contribution is 7.98. The van der Waals surface area contributed by atoms with Crippen LogP contribution in [-0.4, -0.2) is 9.97 Å². The molecule has 0 aliphatic carbocycles. The lowest BCUT2D eigenvalue weighted by atomic mass is 10.1. The average molecular weight is 368 g/mol. The molecule has 3 rings (SSSR count). The first-order chi connectivity index (χ1) is 12.6. The topological polar surface area (TPSA) is 75.6 Å². The van der Waals surface area contributed by atoms with E-state index in [9.17, 15) is 14.0 Å². The fourth-order valence-corrected chi connectivity index (χ4v) is 3.23. The SMILES string of the molecule is N#Cc1c(N)nc(SCc2cccc(F)c2)nc1Cc1ccccc1F. The number of halogens is 2. The zero-order chi connectivity index (χ0) is 18.5. The first-order valence-corrected chi connectivity index (χ1v) is 8.72. The summed E-state index contributed by atoms with van der Waals surface area (Å²) in [5, 5.41) is 9.68. The van der Waals surface area contributed by atoms with Crippen molar-refractivity contribution in [2.45, 2.75) is 17.3 Å². The van der Waals surface area contributed by atoms with Gasteiger partial charge in [-0.3, -0.25) is 0 Å². The number of nitriles is 1. The Labute approximate surface area is 153 Å². The molecule has 1 aromatic heterocycles. The number of aromatic nitrogens is 2. The predicted molar refractivity (Wildman–Crippen MR) is 96.3 cm³/mol. The Morgan fingerprint density at radius 2 is 1.88 bits per heavy atom. The Bertz CT molecular complexity index is 986. The van der Waals surface area contributed by atoms with E-state index in [1.165, 1.54) is 30.0 Å². The van der Waals surface area contributed by atoms with Gasteiger partial charge in [0.05, 0.1) is 5.69 Å². The van der Waals surface area contributed by atoms with Crippen molar-refractivity contribution in [3.8, 4) is 6.07 Å². The minimum absolute atomic E-state index is 0.0515. The Kier molecular flexibility index (Phi) is 5.44. The van der Waals surface area contributed by atoms with Gasteiger partial charge in [-0.05, 0) is 29.3 Å². The molecule has 0 saturated heterocycles. The minimum Gasteiger partial charge on any atom is -0.382 e. The van der Waals surface area contributed by atoms with Gasteiger partial charge in [-0.2, -0.15) is 5.26 Å². The molecule has 0 unspecified atom stereocenters. The molecule has 0 bridgehead atoms. The summed E-state index contributed by atoms with van der Waals surface area (Å²) < 4.78 is 27.2. The van der Waals surface area contributed by atoms with Crippen molar-refractivity contribution in [1.29, 1.82) is 5.26 Å². The lowest BCUT2D eigenvalue weighted by Gasteiger charge is -2.09. The van der Waals surface area contributed by atoms with Crippen LogP contribution < -0.4 is 5.73 Å². The molecule has 2 aromatic carbocycles. The van der Waals surface area contributed by atoms with Crippen LogP contribution >= 0.6 is 11.8 Å². The predicted octanol–water partition coefficient (Wildman–Crippen LogP) is 4.09. The Morgan fingerprint density at radius 1 is 1.08 bits per heavy atom. The van der Waals surface area contributed by atoms with E-state index in [-0.39, 0.29) is 29.4 Å². The van der Waals surface area contributed by atoms with Crippen molar-refractivity contribution >= 4 is 17.6 Å². The highest BCUT2D eigenvalue weighted by Crippen LogP contribution is 2.25. The quantitative estimate of drug-likeness (QED) is 0.542. The largest absolute Gasteiger partial charge is 0.382 e. The van der Waals surface area contributed by atoms with Gasteiger partial charge in [-0.25, -0.2) is 18.7 Å². The third kappa shape index (κ3) is 4.16. The van der Waals surface area contributed by atoms with Gasteiger partial charge in [-0.1, -0.05) is 42.1 Å². The second kappa shape index (κ2) is 7.93. The van der Waals surface area contributed by atoms with E-state index in [4.69, 9.17) is 5.73 Å². The first-order valence-electron chi connectivity index (χ1n) is 7.74. The van der Waals surface area contributed by atoms with E-state index in [1.807, 2.05) is 6.07 Å². The Balaban J connectivity index is 1.87. The second-order valence-electron chi connectivity index (χ2n) is 5.51. The number of nitrogens with two attached hydrogens (primary N) is 1. The molecule has 0 saturated carbocycles. The summed E-state index contributed by atoms with van der Waals surface area (Å²) in [5.41, 5.74) is 7.58. The molecule has 1 heterocycles. The number of nitrogen functional groups attached to an aromatic ring is 1. The normalized spacial score (nSPS) is 10.5. The van der Waals surface area contributed by atoms with Gasteiger partial charge in [0.25, 0.3) is 0 Å².